The first-order chi connectivity index (χ1) is 4.88. The van der Waals surface area contributed by atoms with Crippen molar-refractivity contribution in [1.82, 2.24) is 0 Å². The van der Waals surface area contributed by atoms with E-state index in [-0.39, 0.29) is 20.7 Å². The summed E-state index contributed by atoms with van der Waals surface area (Å²) >= 11 is 1.72. The zero-order valence-electron chi connectivity index (χ0n) is 5.76. The Bertz CT molecular complexity index is 196. The maximum absolute atomic E-state index is 5.34. The number of hydrogen-bond acceptors (Lipinski definition) is 2. The molecule has 0 spiro atoms. The molecule has 10 heavy (non-hydrogen) atoms. The average molecular weight is 268 g/mol. The maximum atomic E-state index is 5.34. The van der Waals surface area contributed by atoms with Crippen LogP contribution in [-0.4, -0.2) is 10.5 Å². The van der Waals surface area contributed by atoms with Crippen LogP contribution in [0.15, 0.2) is 20.8 Å². The molecule has 0 aliphatic carbocycles. The Kier molecular flexibility index (Phi) is 3.48. The smallest absolute Gasteiger partial charge is 0.139 e. The lowest BCUT2D eigenvalue weighted by Crippen LogP contribution is -1.77. The molecule has 1 saturated heterocycles. The van der Waals surface area contributed by atoms with Crippen LogP contribution in [0.5, 0.6) is 0 Å². The highest BCUT2D eigenvalue weighted by Gasteiger charge is 2.13. The van der Waals surface area contributed by atoms with Crippen LogP contribution in [0.2, 0.25) is 0 Å². The molecule has 0 unspecified atom stereocenters. The molecular weight excluding hydrogens is 259 g/mol. The van der Waals surface area contributed by atoms with Gasteiger partial charge in [-0.15, -0.1) is 0 Å². The summed E-state index contributed by atoms with van der Waals surface area (Å²) in [5, 5.41) is 0. The Hall–Kier alpha value is 0.230. The van der Waals surface area contributed by atoms with Crippen molar-refractivity contribution in [2.75, 3.05) is 5.94 Å². The highest BCUT2D eigenvalue weighted by molar-refractivity contribution is 14.2. The van der Waals surface area contributed by atoms with E-state index in [1.807, 2.05) is 6.92 Å². The van der Waals surface area contributed by atoms with Crippen molar-refractivity contribution in [1.29, 1.82) is 0 Å². The Labute approximate surface area is 75.3 Å². The van der Waals surface area contributed by atoms with E-state index >= 15 is 0 Å². The minimum Gasteiger partial charge on any atom is -0.481 e. The van der Waals surface area contributed by atoms with Crippen LogP contribution in [0.25, 0.3) is 0 Å². The summed E-state index contributed by atoms with van der Waals surface area (Å²) in [7, 11) is 0. The molecule has 0 saturated carbocycles. The van der Waals surface area contributed by atoms with Gasteiger partial charge in [-0.05, 0) is 6.92 Å². The Balaban J connectivity index is 2.77. The minimum absolute atomic E-state index is 0.0301. The maximum Gasteiger partial charge on any atom is 0.139 e. The number of ether oxygens (including phenoxy) is 1. The fraction of sp³-hybridized carbons (Fsp3) is 0.286. The first-order valence-electron chi connectivity index (χ1n) is 2.88. The zero-order chi connectivity index (χ0) is 7.40. The quantitative estimate of drug-likeness (QED) is 0.676. The molecule has 1 rings (SSSR count). The summed E-state index contributed by atoms with van der Waals surface area (Å²) in [5.41, 5.74) is 0. The Morgan fingerprint density at radius 2 is 2.60 bits per heavy atom. The van der Waals surface area contributed by atoms with Gasteiger partial charge in [0.25, 0.3) is 0 Å². The third-order valence-corrected chi connectivity index (χ3v) is 3.10. The predicted molar refractivity (Wildman–Crippen MR) is 56.5 cm³/mol. The van der Waals surface area contributed by atoms with Gasteiger partial charge in [0, 0.05) is 8.99 Å². The van der Waals surface area contributed by atoms with E-state index in [9.17, 15) is 0 Å². The van der Waals surface area contributed by atoms with Crippen molar-refractivity contribution in [3.63, 3.8) is 0 Å². The lowest BCUT2D eigenvalue weighted by molar-refractivity contribution is 0.299. The summed E-state index contributed by atoms with van der Waals surface area (Å²) in [6.45, 7) is 2.03. The van der Waals surface area contributed by atoms with Crippen molar-refractivity contribution in [2.24, 2.45) is 0 Å². The molecule has 0 amide bonds. The van der Waals surface area contributed by atoms with Crippen molar-refractivity contribution in [2.45, 2.75) is 6.92 Å². The molecule has 3 heteroatoms. The first kappa shape index (κ1) is 8.33. The molecule has 1 heterocycles. The summed E-state index contributed by atoms with van der Waals surface area (Å²) in [4.78, 5) is 1.27. The second-order valence-electron chi connectivity index (χ2n) is 1.69. The normalized spacial score (nSPS) is 25.7. The van der Waals surface area contributed by atoms with Crippen LogP contribution in [0.4, 0.5) is 0 Å². The SMILES string of the molecule is C=I/C=C1/OCS/C1=C/C. The molecule has 0 radical (unpaired) electrons. The molecule has 0 N–H and O–H groups in total. The van der Waals surface area contributed by atoms with Gasteiger partial charge in [0.2, 0.25) is 0 Å². The Morgan fingerprint density at radius 1 is 1.80 bits per heavy atom. The molecule has 0 atom stereocenters. The third kappa shape index (κ3) is 1.85. The van der Waals surface area contributed by atoms with Crippen LogP contribution in [-0.2, 0) is 4.74 Å². The van der Waals surface area contributed by atoms with E-state index in [0.717, 1.165) is 11.7 Å². The van der Waals surface area contributed by atoms with Gasteiger partial charge in [-0.25, -0.2) is 0 Å². The standard InChI is InChI=1S/C7H9IOS/c1-3-7-6(4-8-2)9-5-10-7/h3-4H,2,5H2,1H3/b6-4+,7-3+. The fourth-order valence-corrected chi connectivity index (χ4v) is 2.55. The van der Waals surface area contributed by atoms with Gasteiger partial charge in [0.1, 0.15) is 11.7 Å². The second kappa shape index (κ2) is 4.18. The zero-order valence-corrected chi connectivity index (χ0v) is 8.74. The summed E-state index contributed by atoms with van der Waals surface area (Å²) in [5.74, 6) is 1.82. The first-order valence-corrected chi connectivity index (χ1v) is 6.63. The molecular formula is C7H9IOS. The van der Waals surface area contributed by atoms with E-state index in [1.54, 1.807) is 11.8 Å². The van der Waals surface area contributed by atoms with E-state index in [1.165, 1.54) is 4.91 Å². The topological polar surface area (TPSA) is 9.23 Å². The third-order valence-electron chi connectivity index (χ3n) is 1.11. The van der Waals surface area contributed by atoms with Crippen LogP contribution in [0, 0.1) is 0 Å². The lowest BCUT2D eigenvalue weighted by atomic mass is 10.5. The largest absolute Gasteiger partial charge is 0.481 e. The second-order valence-corrected chi connectivity index (χ2v) is 4.15. The monoisotopic (exact) mass is 268 g/mol. The average Bonchev–Trinajstić information content (AvgIpc) is 2.36. The summed E-state index contributed by atoms with van der Waals surface area (Å²) < 4.78 is 11.3. The van der Waals surface area contributed by atoms with Gasteiger partial charge >= 0.3 is 0 Å². The van der Waals surface area contributed by atoms with E-state index in [0.29, 0.717) is 0 Å². The number of allylic oxidation sites excluding steroid dienone is 1. The highest BCUT2D eigenvalue weighted by atomic mass is 127. The van der Waals surface area contributed by atoms with Gasteiger partial charge < -0.3 is 4.74 Å². The molecule has 1 aliphatic rings. The van der Waals surface area contributed by atoms with E-state index < -0.39 is 0 Å². The van der Waals surface area contributed by atoms with Gasteiger partial charge in [0.05, 0.1) is 0 Å². The van der Waals surface area contributed by atoms with Crippen LogP contribution in [0.1, 0.15) is 6.92 Å². The van der Waals surface area contributed by atoms with Gasteiger partial charge in [-0.3, -0.25) is 0 Å². The van der Waals surface area contributed by atoms with Gasteiger partial charge in [-0.2, -0.15) is 0 Å². The molecule has 0 bridgehead atoms. The number of thioether (sulfide) groups is 1. The van der Waals surface area contributed by atoms with Crippen molar-refractivity contribution >= 4 is 37.0 Å². The molecule has 1 nitrogen and oxygen atoms in total. The fourth-order valence-electron chi connectivity index (χ4n) is 0.680. The number of hydrogen-bond donors (Lipinski definition) is 0. The van der Waals surface area contributed by atoms with Crippen LogP contribution in [0.3, 0.4) is 0 Å². The lowest BCUT2D eigenvalue weighted by Gasteiger charge is -1.93. The van der Waals surface area contributed by atoms with E-state index in [4.69, 9.17) is 4.74 Å². The van der Waals surface area contributed by atoms with Crippen LogP contribution < -0.4 is 0 Å². The number of rotatable bonds is 1. The predicted octanol–water partition coefficient (Wildman–Crippen LogP) is 2.86. The molecule has 1 aliphatic heterocycles. The van der Waals surface area contributed by atoms with Crippen molar-refractivity contribution < 1.29 is 4.74 Å². The molecule has 0 aromatic heterocycles. The van der Waals surface area contributed by atoms with Gasteiger partial charge in [-0.1, -0.05) is 43.1 Å². The van der Waals surface area contributed by atoms with Crippen molar-refractivity contribution in [3.05, 3.63) is 20.8 Å². The van der Waals surface area contributed by atoms with Crippen molar-refractivity contribution in [3.8, 4) is 0 Å². The highest BCUT2D eigenvalue weighted by Crippen LogP contribution is 2.33. The summed E-state index contributed by atoms with van der Waals surface area (Å²) in [6.07, 6.45) is 2.09. The van der Waals surface area contributed by atoms with E-state index in [2.05, 4.69) is 14.7 Å². The molecule has 1 fully saturated rings. The molecule has 56 valence electrons. The van der Waals surface area contributed by atoms with Crippen LogP contribution >= 0.6 is 32.5 Å². The molecule has 0 aromatic carbocycles. The molecule has 0 aromatic rings. The summed E-state index contributed by atoms with van der Waals surface area (Å²) in [6, 6.07) is 0. The minimum atomic E-state index is -0.0301. The van der Waals surface area contributed by atoms with Gasteiger partial charge in [0.15, 0.2) is 0 Å². The number of halogens is 1. The Morgan fingerprint density at radius 3 is 3.20 bits per heavy atom.